The van der Waals surface area contributed by atoms with E-state index in [0.717, 1.165) is 0 Å². The normalized spacial score (nSPS) is 15.2. The van der Waals surface area contributed by atoms with Gasteiger partial charge in [-0.25, -0.2) is 0 Å². The van der Waals surface area contributed by atoms with Gasteiger partial charge in [0.1, 0.15) is 0 Å². The van der Waals surface area contributed by atoms with Crippen molar-refractivity contribution < 1.29 is 0 Å². The molecule has 0 aromatic carbocycles. The van der Waals surface area contributed by atoms with Gasteiger partial charge in [-0.05, 0) is 0 Å². The first-order valence-corrected chi connectivity index (χ1v) is 36.2. The van der Waals surface area contributed by atoms with Crippen molar-refractivity contribution in [2.75, 3.05) is 0 Å². The van der Waals surface area contributed by atoms with E-state index in [1.165, 1.54) is 0 Å². The summed E-state index contributed by atoms with van der Waals surface area (Å²) in [6.45, 7) is 47.6. The van der Waals surface area contributed by atoms with Gasteiger partial charge in [0.25, 0.3) is 0 Å². The monoisotopic (exact) mass is 612 g/mol. The van der Waals surface area contributed by atoms with E-state index in [9.17, 15) is 0 Å². The molecule has 29 heavy (non-hydrogen) atoms. The zero-order chi connectivity index (χ0) is 23.3. The van der Waals surface area contributed by atoms with Crippen molar-refractivity contribution in [1.82, 2.24) is 12.8 Å². The Morgan fingerprint density at radius 2 is 0.414 bits per heavy atom. The topological polar surface area (TPSA) is 44.7 Å². The van der Waals surface area contributed by atoms with Crippen LogP contribution in [-0.4, -0.2) is 78.4 Å². The molecule has 0 unspecified atom stereocenters. The predicted octanol–water partition coefficient (Wildman–Crippen LogP) is 7.05. The number of hydrogen-bond donors (Lipinski definition) is 1. The molecule has 0 aliphatic heterocycles. The van der Waals surface area contributed by atoms with Gasteiger partial charge >= 0.3 is 196 Å². The fraction of sp³-hybridized carbons (Fsp3) is 1.00. The summed E-state index contributed by atoms with van der Waals surface area (Å²) in [7, 11) is -8.59. The van der Waals surface area contributed by atoms with Gasteiger partial charge in [0, 0.05) is 0 Å². The van der Waals surface area contributed by atoms with E-state index in [-0.39, 0.29) is 6.15 Å². The molecule has 4 nitrogen and oxygen atoms in total. The van der Waals surface area contributed by atoms with Crippen LogP contribution in [0.25, 0.3) is 0 Å². The molecule has 0 aromatic heterocycles. The molecule has 0 heterocycles. The van der Waals surface area contributed by atoms with Gasteiger partial charge in [0.15, 0.2) is 0 Å². The largest absolute Gasteiger partial charge is 0.344 e. The van der Waals surface area contributed by atoms with Crippen molar-refractivity contribution in [3.8, 4) is 0 Å². The Morgan fingerprint density at radius 1 is 0.310 bits per heavy atom. The fourth-order valence-electron chi connectivity index (χ4n) is 5.44. The molecule has 0 aliphatic rings. The first-order chi connectivity index (χ1) is 11.7. The fourth-order valence-corrected chi connectivity index (χ4v) is 89.9. The Hall–Kier alpha value is 2.01. The van der Waals surface area contributed by atoms with Crippen LogP contribution in [-0.2, 0) is 0 Å². The summed E-state index contributed by atoms with van der Waals surface area (Å²) in [4.78, 5) is 0. The van der Waals surface area contributed by atoms with Crippen LogP contribution in [0.4, 0.5) is 0 Å². The van der Waals surface area contributed by atoms with Crippen molar-refractivity contribution in [2.24, 2.45) is 0 Å². The molecule has 0 saturated heterocycles. The zero-order valence-electron chi connectivity index (χ0n) is 23.6. The van der Waals surface area contributed by atoms with Crippen molar-refractivity contribution in [3.63, 3.8) is 0 Å². The molecule has 0 amide bonds. The van der Waals surface area contributed by atoms with Gasteiger partial charge in [0.05, 0.1) is 0 Å². The van der Waals surface area contributed by atoms with Gasteiger partial charge < -0.3 is 6.15 Å². The predicted molar refractivity (Wildman–Crippen MR) is 156 cm³/mol. The second-order valence-corrected chi connectivity index (χ2v) is 60.0. The van der Waals surface area contributed by atoms with Crippen LogP contribution in [0.2, 0.25) is 118 Å². The third-order valence-corrected chi connectivity index (χ3v) is 78.8. The summed E-state index contributed by atoms with van der Waals surface area (Å²) in [5, 5.41) is 0. The van der Waals surface area contributed by atoms with Crippen LogP contribution in [0.1, 0.15) is 0 Å². The van der Waals surface area contributed by atoms with E-state index in [2.05, 4.69) is 125 Å². The Kier molecular flexibility index (Phi) is 11.6. The molecule has 0 fully saturated rings. The summed E-state index contributed by atoms with van der Waals surface area (Å²) in [5.41, 5.74) is 0. The van der Waals surface area contributed by atoms with Crippen molar-refractivity contribution in [3.05, 3.63) is 0 Å². The average Bonchev–Trinajstić information content (AvgIpc) is 2.13. The number of nitrogens with zero attached hydrogens (tertiary/aromatic N) is 3. The second kappa shape index (κ2) is 10.1. The maximum absolute atomic E-state index is 3.36. The van der Waals surface area contributed by atoms with E-state index in [1.54, 1.807) is 0 Å². The molecule has 11 heteroatoms. The van der Waals surface area contributed by atoms with E-state index in [4.69, 9.17) is 0 Å². The Morgan fingerprint density at radius 3 is 0.483 bits per heavy atom. The molecule has 0 aliphatic carbocycles. The van der Waals surface area contributed by atoms with Crippen LogP contribution in [0.3, 0.4) is 0 Å². The van der Waals surface area contributed by atoms with Crippen LogP contribution in [0.5, 0.6) is 0 Å². The quantitative estimate of drug-likeness (QED) is 0.284. The third kappa shape index (κ3) is 9.41. The van der Waals surface area contributed by atoms with Crippen molar-refractivity contribution in [2.45, 2.75) is 118 Å². The van der Waals surface area contributed by atoms with E-state index < -0.39 is 71.7 Å². The minimum absolute atomic E-state index is 0. The van der Waals surface area contributed by atoms with Crippen LogP contribution < -0.4 is 6.15 Å². The van der Waals surface area contributed by atoms with Gasteiger partial charge in [-0.15, -0.1) is 0 Å². The molecule has 0 atom stereocenters. The van der Waals surface area contributed by atoms with Gasteiger partial charge in [-0.1, -0.05) is 0 Å². The standard InChI is InChI=1S/3C6H18NSi2.In.H3N/c3*1-8(2,3)7-9(4,5)6;;/h3*1-6H3;;1H3/q3*-1;+3;. The van der Waals surface area contributed by atoms with Crippen LogP contribution >= 0.6 is 0 Å². The summed E-state index contributed by atoms with van der Waals surface area (Å²) in [6.07, 6.45) is 0. The zero-order valence-corrected chi connectivity index (χ0v) is 32.9. The molecule has 176 valence electrons. The van der Waals surface area contributed by atoms with Crippen LogP contribution in [0, 0.1) is 0 Å². The summed E-state index contributed by atoms with van der Waals surface area (Å²) < 4.78 is 10.1. The van der Waals surface area contributed by atoms with Gasteiger partial charge in [-0.3, -0.25) is 0 Å². The molecule has 3 N–H and O–H groups in total. The molecule has 0 radical (unpaired) electrons. The molecule has 0 aromatic rings. The maximum atomic E-state index is 3.36. The smallest absolute Gasteiger partial charge is 0.344 e. The SMILES string of the molecule is C[Si](C)(C)[N]([In]([N]([Si](C)(C)C)[Si](C)(C)C)[N]([Si](C)(C)C)[Si](C)(C)C)[Si](C)(C)C.N. The molecular formula is C18H57InN4Si6. The Bertz CT molecular complexity index is 403. The molecule has 0 rings (SSSR count). The van der Waals surface area contributed by atoms with E-state index in [0.29, 0.717) is 0 Å². The minimum atomic E-state index is -2.47. The maximum Gasteiger partial charge on any atom is -0.344 e. The van der Waals surface area contributed by atoms with Gasteiger partial charge in [-0.2, -0.15) is 0 Å². The van der Waals surface area contributed by atoms with E-state index >= 15 is 0 Å². The molecule has 0 saturated carbocycles. The number of rotatable bonds is 9. The molecule has 0 spiro atoms. The van der Waals surface area contributed by atoms with E-state index in [1.807, 2.05) is 0 Å². The van der Waals surface area contributed by atoms with Crippen LogP contribution in [0.15, 0.2) is 0 Å². The second-order valence-electron chi connectivity index (χ2n) is 14.5. The molecular weight excluding hydrogens is 556 g/mol. The third-order valence-electron chi connectivity index (χ3n) is 5.03. The molecule has 0 bridgehead atoms. The van der Waals surface area contributed by atoms with Crippen molar-refractivity contribution in [1.29, 1.82) is 0 Å². The first-order valence-electron chi connectivity index (χ1n) is 11.1. The van der Waals surface area contributed by atoms with Crippen molar-refractivity contribution >= 4 is 71.7 Å². The summed E-state index contributed by atoms with van der Waals surface area (Å²) in [5.74, 6) is 0. The summed E-state index contributed by atoms with van der Waals surface area (Å²) in [6, 6.07) is 0. The Labute approximate surface area is 201 Å². The minimum Gasteiger partial charge on any atom is -0.344 e. The summed E-state index contributed by atoms with van der Waals surface area (Å²) >= 11 is -2.47. The number of hydrogen-bond acceptors (Lipinski definition) is 4. The average molecular weight is 613 g/mol. The first kappa shape index (κ1) is 33.2. The van der Waals surface area contributed by atoms with Gasteiger partial charge in [0.2, 0.25) is 0 Å². The Balaban J connectivity index is 0.